The fourth-order valence-electron chi connectivity index (χ4n) is 2.31. The summed E-state index contributed by atoms with van der Waals surface area (Å²) in [6.07, 6.45) is 0. The molecule has 3 rings (SSSR count). The first-order chi connectivity index (χ1) is 13.5. The fourth-order valence-corrected chi connectivity index (χ4v) is 3.22. The topological polar surface area (TPSA) is 87.3 Å². The number of halogens is 1. The summed E-state index contributed by atoms with van der Waals surface area (Å²) >= 11 is 1.21. The Balaban J connectivity index is 1.48. The lowest BCUT2D eigenvalue weighted by Gasteiger charge is -2.07. The molecule has 8 heteroatoms. The quantitative estimate of drug-likeness (QED) is 0.579. The van der Waals surface area contributed by atoms with E-state index in [1.165, 1.54) is 23.5 Å². The summed E-state index contributed by atoms with van der Waals surface area (Å²) in [4.78, 5) is 37.0. The summed E-state index contributed by atoms with van der Waals surface area (Å²) in [6.45, 7) is -0.278. The van der Waals surface area contributed by atoms with Gasteiger partial charge in [0.15, 0.2) is 0 Å². The molecule has 1 aromatic heterocycles. The van der Waals surface area contributed by atoms with E-state index in [9.17, 15) is 18.8 Å². The summed E-state index contributed by atoms with van der Waals surface area (Å²) in [5, 5.41) is 2.46. The van der Waals surface area contributed by atoms with E-state index in [0.717, 1.165) is 10.4 Å². The van der Waals surface area contributed by atoms with Crippen LogP contribution < -0.4 is 16.2 Å². The zero-order chi connectivity index (χ0) is 19.9. The van der Waals surface area contributed by atoms with Crippen LogP contribution in [0.5, 0.6) is 0 Å². The lowest BCUT2D eigenvalue weighted by atomic mass is 10.2. The van der Waals surface area contributed by atoms with E-state index in [1.54, 1.807) is 54.6 Å². The van der Waals surface area contributed by atoms with Crippen LogP contribution in [0.2, 0.25) is 0 Å². The Bertz CT molecular complexity index is 987. The van der Waals surface area contributed by atoms with Crippen molar-refractivity contribution in [2.45, 2.75) is 0 Å². The second-order valence-electron chi connectivity index (χ2n) is 5.72. The van der Waals surface area contributed by atoms with Crippen molar-refractivity contribution in [2.75, 3.05) is 6.54 Å². The average Bonchev–Trinajstić information content (AvgIpc) is 3.21. The van der Waals surface area contributed by atoms with Gasteiger partial charge in [0.05, 0.1) is 11.4 Å². The van der Waals surface area contributed by atoms with Crippen LogP contribution in [-0.2, 0) is 4.79 Å². The average molecular weight is 397 g/mol. The number of carbonyl (C=O) groups excluding carboxylic acids is 3. The maximum atomic E-state index is 13.0. The molecule has 142 valence electrons. The Labute approximate surface area is 164 Å². The van der Waals surface area contributed by atoms with Gasteiger partial charge < -0.3 is 5.32 Å². The van der Waals surface area contributed by atoms with Crippen LogP contribution >= 0.6 is 11.3 Å². The van der Waals surface area contributed by atoms with Gasteiger partial charge in [-0.15, -0.1) is 11.3 Å². The normalized spacial score (nSPS) is 10.2. The second kappa shape index (κ2) is 8.92. The number of carbonyl (C=O) groups is 3. The largest absolute Gasteiger partial charge is 0.343 e. The summed E-state index contributed by atoms with van der Waals surface area (Å²) in [6, 6.07) is 17.8. The van der Waals surface area contributed by atoms with Crippen LogP contribution in [0.4, 0.5) is 4.39 Å². The number of thiophene rings is 1. The van der Waals surface area contributed by atoms with Crippen LogP contribution in [0.1, 0.15) is 20.0 Å². The Morgan fingerprint density at radius 1 is 0.821 bits per heavy atom. The first kappa shape index (κ1) is 19.2. The molecular formula is C20H16FN3O3S. The molecule has 2 aromatic carbocycles. The maximum absolute atomic E-state index is 13.0. The van der Waals surface area contributed by atoms with Crippen molar-refractivity contribution in [1.29, 1.82) is 0 Å². The molecule has 28 heavy (non-hydrogen) atoms. The third-order valence-electron chi connectivity index (χ3n) is 3.72. The van der Waals surface area contributed by atoms with E-state index in [1.807, 2.05) is 0 Å². The predicted molar refractivity (Wildman–Crippen MR) is 104 cm³/mol. The number of hydrazine groups is 1. The number of benzene rings is 2. The number of nitrogens with one attached hydrogen (secondary N) is 3. The van der Waals surface area contributed by atoms with E-state index < -0.39 is 11.8 Å². The van der Waals surface area contributed by atoms with Gasteiger partial charge in [-0.1, -0.05) is 30.3 Å². The van der Waals surface area contributed by atoms with Crippen LogP contribution in [-0.4, -0.2) is 24.3 Å². The van der Waals surface area contributed by atoms with E-state index in [2.05, 4.69) is 16.2 Å². The van der Waals surface area contributed by atoms with E-state index >= 15 is 0 Å². The molecule has 0 spiro atoms. The lowest BCUT2D eigenvalue weighted by Crippen LogP contribution is -2.46. The highest BCUT2D eigenvalue weighted by Crippen LogP contribution is 2.28. The zero-order valence-electron chi connectivity index (χ0n) is 14.6. The highest BCUT2D eigenvalue weighted by Gasteiger charge is 2.12. The zero-order valence-corrected chi connectivity index (χ0v) is 15.4. The van der Waals surface area contributed by atoms with Crippen LogP contribution in [0.25, 0.3) is 10.4 Å². The van der Waals surface area contributed by atoms with Gasteiger partial charge >= 0.3 is 0 Å². The molecular weight excluding hydrogens is 381 g/mol. The molecule has 0 saturated carbocycles. The summed E-state index contributed by atoms with van der Waals surface area (Å²) in [7, 11) is 0. The van der Waals surface area contributed by atoms with Gasteiger partial charge in [0.2, 0.25) is 0 Å². The van der Waals surface area contributed by atoms with Gasteiger partial charge in [0.1, 0.15) is 5.82 Å². The minimum atomic E-state index is -0.562. The Morgan fingerprint density at radius 3 is 2.25 bits per heavy atom. The highest BCUT2D eigenvalue weighted by molar-refractivity contribution is 7.17. The van der Waals surface area contributed by atoms with E-state index in [-0.39, 0.29) is 18.3 Å². The Hall–Kier alpha value is -3.52. The van der Waals surface area contributed by atoms with Crippen molar-refractivity contribution >= 4 is 29.1 Å². The Morgan fingerprint density at radius 2 is 1.54 bits per heavy atom. The fraction of sp³-hybridized carbons (Fsp3) is 0.0500. The van der Waals surface area contributed by atoms with Crippen LogP contribution in [0, 0.1) is 5.82 Å². The van der Waals surface area contributed by atoms with Crippen molar-refractivity contribution in [3.05, 3.63) is 83.0 Å². The number of hydrogen-bond acceptors (Lipinski definition) is 4. The van der Waals surface area contributed by atoms with Gasteiger partial charge in [0.25, 0.3) is 17.7 Å². The van der Waals surface area contributed by atoms with Crippen molar-refractivity contribution in [3.8, 4) is 10.4 Å². The molecule has 0 aliphatic heterocycles. The third kappa shape index (κ3) is 5.01. The van der Waals surface area contributed by atoms with Crippen molar-refractivity contribution < 1.29 is 18.8 Å². The summed E-state index contributed by atoms with van der Waals surface area (Å²) in [5.74, 6) is -1.77. The maximum Gasteiger partial charge on any atom is 0.279 e. The molecule has 0 saturated heterocycles. The lowest BCUT2D eigenvalue weighted by molar-refractivity contribution is -0.120. The second-order valence-corrected chi connectivity index (χ2v) is 6.81. The molecule has 0 bridgehead atoms. The molecule has 6 nitrogen and oxygen atoms in total. The minimum absolute atomic E-state index is 0.278. The van der Waals surface area contributed by atoms with Crippen LogP contribution in [0.3, 0.4) is 0 Å². The summed E-state index contributed by atoms with van der Waals surface area (Å²) in [5.41, 5.74) is 5.77. The minimum Gasteiger partial charge on any atom is -0.343 e. The molecule has 1 heterocycles. The smallest absolute Gasteiger partial charge is 0.279 e. The standard InChI is InChI=1S/C20H16FN3O3S/c21-15-8-6-13(7-9-15)16-10-11-17(28-16)20(27)24-23-18(25)12-22-19(26)14-4-2-1-3-5-14/h1-11H,12H2,(H,22,26)(H,23,25)(H,24,27). The van der Waals surface area contributed by atoms with Gasteiger partial charge in [-0.2, -0.15) is 0 Å². The highest BCUT2D eigenvalue weighted by atomic mass is 32.1. The molecule has 0 atom stereocenters. The van der Waals surface area contributed by atoms with Crippen molar-refractivity contribution in [3.63, 3.8) is 0 Å². The van der Waals surface area contributed by atoms with E-state index in [0.29, 0.717) is 10.4 Å². The van der Waals surface area contributed by atoms with Gasteiger partial charge in [-0.25, -0.2) is 4.39 Å². The molecule has 3 N–H and O–H groups in total. The number of rotatable bonds is 5. The first-order valence-corrected chi connectivity index (χ1v) is 9.13. The molecule has 0 fully saturated rings. The van der Waals surface area contributed by atoms with Gasteiger partial charge in [-0.05, 0) is 42.0 Å². The first-order valence-electron chi connectivity index (χ1n) is 8.31. The van der Waals surface area contributed by atoms with E-state index in [4.69, 9.17) is 0 Å². The van der Waals surface area contributed by atoms with Crippen molar-refractivity contribution in [2.24, 2.45) is 0 Å². The Kier molecular flexibility index (Phi) is 6.13. The van der Waals surface area contributed by atoms with Gasteiger partial charge in [-0.3, -0.25) is 25.2 Å². The monoisotopic (exact) mass is 397 g/mol. The molecule has 0 radical (unpaired) electrons. The molecule has 3 aromatic rings. The summed E-state index contributed by atoms with van der Waals surface area (Å²) < 4.78 is 13.0. The SMILES string of the molecule is O=C(CNC(=O)c1ccccc1)NNC(=O)c1ccc(-c2ccc(F)cc2)s1. The van der Waals surface area contributed by atoms with Gasteiger partial charge in [0, 0.05) is 10.4 Å². The third-order valence-corrected chi connectivity index (χ3v) is 4.85. The molecule has 0 aliphatic rings. The molecule has 0 aliphatic carbocycles. The predicted octanol–water partition coefficient (Wildman–Crippen LogP) is 2.75. The number of amides is 3. The molecule has 0 unspecified atom stereocenters. The molecule has 3 amide bonds. The van der Waals surface area contributed by atoms with Crippen LogP contribution in [0.15, 0.2) is 66.7 Å². The number of hydrogen-bond donors (Lipinski definition) is 3. The van der Waals surface area contributed by atoms with Crippen molar-refractivity contribution in [1.82, 2.24) is 16.2 Å².